The average molecular weight is 184 g/mol. The summed E-state index contributed by atoms with van der Waals surface area (Å²) in [6, 6.07) is 0. The Morgan fingerprint density at radius 2 is 2.15 bits per heavy atom. The average Bonchev–Trinajstić information content (AvgIpc) is 2.59. The predicted molar refractivity (Wildman–Crippen MR) is 48.3 cm³/mol. The molecule has 0 saturated heterocycles. The van der Waals surface area contributed by atoms with Crippen LogP contribution in [-0.4, -0.2) is 21.9 Å². The van der Waals surface area contributed by atoms with Crippen LogP contribution in [0.25, 0.3) is 0 Å². The van der Waals surface area contributed by atoms with Gasteiger partial charge < -0.3 is 9.63 Å². The molecule has 1 aromatic heterocycles. The smallest absolute Gasteiger partial charge is 0.226 e. The SMILES string of the molecule is CCCCc1noc(CCCO)n1. The minimum atomic E-state index is 0.173. The molecule has 0 amide bonds. The highest BCUT2D eigenvalue weighted by molar-refractivity contribution is 4.86. The molecule has 13 heavy (non-hydrogen) atoms. The first-order chi connectivity index (χ1) is 6.36. The van der Waals surface area contributed by atoms with Crippen molar-refractivity contribution in [2.45, 2.75) is 39.0 Å². The van der Waals surface area contributed by atoms with Gasteiger partial charge in [0.15, 0.2) is 5.82 Å². The molecule has 1 aromatic rings. The van der Waals surface area contributed by atoms with E-state index in [1.807, 2.05) is 0 Å². The van der Waals surface area contributed by atoms with Crippen LogP contribution in [0, 0.1) is 0 Å². The van der Waals surface area contributed by atoms with E-state index in [1.54, 1.807) is 0 Å². The van der Waals surface area contributed by atoms with Gasteiger partial charge in [0.2, 0.25) is 5.89 Å². The molecule has 0 spiro atoms. The van der Waals surface area contributed by atoms with E-state index < -0.39 is 0 Å². The lowest BCUT2D eigenvalue weighted by Gasteiger charge is -1.89. The van der Waals surface area contributed by atoms with Crippen molar-refractivity contribution < 1.29 is 9.63 Å². The molecule has 0 aromatic carbocycles. The van der Waals surface area contributed by atoms with Crippen molar-refractivity contribution in [3.05, 3.63) is 11.7 Å². The minimum absolute atomic E-state index is 0.173. The normalized spacial score (nSPS) is 10.6. The van der Waals surface area contributed by atoms with Crippen LogP contribution in [0.15, 0.2) is 4.52 Å². The Hall–Kier alpha value is -0.900. The molecule has 4 nitrogen and oxygen atoms in total. The van der Waals surface area contributed by atoms with Crippen LogP contribution < -0.4 is 0 Å². The van der Waals surface area contributed by atoms with E-state index in [-0.39, 0.29) is 6.61 Å². The number of aliphatic hydroxyl groups excluding tert-OH is 1. The summed E-state index contributed by atoms with van der Waals surface area (Å²) in [5, 5.41) is 12.4. The number of hydrogen-bond acceptors (Lipinski definition) is 4. The molecule has 74 valence electrons. The van der Waals surface area contributed by atoms with Crippen LogP contribution in [-0.2, 0) is 12.8 Å². The highest BCUT2D eigenvalue weighted by Gasteiger charge is 2.04. The largest absolute Gasteiger partial charge is 0.396 e. The van der Waals surface area contributed by atoms with E-state index in [4.69, 9.17) is 9.63 Å². The first-order valence-electron chi connectivity index (χ1n) is 4.79. The molecule has 0 unspecified atom stereocenters. The second-order valence-corrected chi connectivity index (χ2v) is 3.04. The van der Waals surface area contributed by atoms with Crippen LogP contribution in [0.3, 0.4) is 0 Å². The number of unbranched alkanes of at least 4 members (excludes halogenated alkanes) is 1. The molecular weight excluding hydrogens is 168 g/mol. The van der Waals surface area contributed by atoms with Crippen LogP contribution in [0.4, 0.5) is 0 Å². The molecule has 0 aliphatic heterocycles. The van der Waals surface area contributed by atoms with E-state index in [0.717, 1.165) is 25.1 Å². The standard InChI is InChI=1S/C9H16N2O2/c1-2-3-5-8-10-9(13-11-8)6-4-7-12/h12H,2-7H2,1H3. The number of aryl methyl sites for hydroxylation is 2. The third-order valence-corrected chi connectivity index (χ3v) is 1.81. The van der Waals surface area contributed by atoms with Gasteiger partial charge in [-0.3, -0.25) is 0 Å². The highest BCUT2D eigenvalue weighted by Crippen LogP contribution is 2.03. The van der Waals surface area contributed by atoms with Crippen molar-refractivity contribution >= 4 is 0 Å². The Labute approximate surface area is 78.0 Å². The third kappa shape index (κ3) is 3.55. The van der Waals surface area contributed by atoms with Gasteiger partial charge in [-0.15, -0.1) is 0 Å². The molecule has 1 rings (SSSR count). The van der Waals surface area contributed by atoms with Gasteiger partial charge in [-0.2, -0.15) is 4.98 Å². The molecule has 0 fully saturated rings. The number of hydrogen-bond donors (Lipinski definition) is 1. The quantitative estimate of drug-likeness (QED) is 0.724. The second-order valence-electron chi connectivity index (χ2n) is 3.04. The Kier molecular flexibility index (Phi) is 4.46. The van der Waals surface area contributed by atoms with Crippen molar-refractivity contribution in [1.29, 1.82) is 0 Å². The predicted octanol–water partition coefficient (Wildman–Crippen LogP) is 1.34. The monoisotopic (exact) mass is 184 g/mol. The van der Waals surface area contributed by atoms with Crippen molar-refractivity contribution in [1.82, 2.24) is 10.1 Å². The zero-order valence-electron chi connectivity index (χ0n) is 7.99. The van der Waals surface area contributed by atoms with E-state index in [2.05, 4.69) is 17.1 Å². The summed E-state index contributed by atoms with van der Waals surface area (Å²) in [6.07, 6.45) is 4.49. The summed E-state index contributed by atoms with van der Waals surface area (Å²) in [6.45, 7) is 2.30. The van der Waals surface area contributed by atoms with Crippen molar-refractivity contribution in [3.63, 3.8) is 0 Å². The molecule has 0 aliphatic rings. The minimum Gasteiger partial charge on any atom is -0.396 e. The van der Waals surface area contributed by atoms with Crippen molar-refractivity contribution in [3.8, 4) is 0 Å². The van der Waals surface area contributed by atoms with Crippen LogP contribution in [0.5, 0.6) is 0 Å². The molecule has 4 heteroatoms. The fraction of sp³-hybridized carbons (Fsp3) is 0.778. The third-order valence-electron chi connectivity index (χ3n) is 1.81. The van der Waals surface area contributed by atoms with Gasteiger partial charge in [0.1, 0.15) is 0 Å². The molecular formula is C9H16N2O2. The molecule has 0 aliphatic carbocycles. The van der Waals surface area contributed by atoms with Crippen LogP contribution in [0.2, 0.25) is 0 Å². The number of rotatable bonds is 6. The van der Waals surface area contributed by atoms with E-state index in [0.29, 0.717) is 18.7 Å². The van der Waals surface area contributed by atoms with Crippen LogP contribution >= 0.6 is 0 Å². The van der Waals surface area contributed by atoms with Gasteiger partial charge in [-0.05, 0) is 12.8 Å². The van der Waals surface area contributed by atoms with Gasteiger partial charge in [0, 0.05) is 19.4 Å². The Bertz CT molecular complexity index is 213. The summed E-state index contributed by atoms with van der Waals surface area (Å²) < 4.78 is 4.99. The van der Waals surface area contributed by atoms with Gasteiger partial charge in [-0.1, -0.05) is 18.5 Å². The summed E-state index contributed by atoms with van der Waals surface area (Å²) in [7, 11) is 0. The van der Waals surface area contributed by atoms with Crippen LogP contribution in [0.1, 0.15) is 37.9 Å². The second kappa shape index (κ2) is 5.70. The fourth-order valence-electron chi connectivity index (χ4n) is 1.06. The number of aromatic nitrogens is 2. The lowest BCUT2D eigenvalue weighted by molar-refractivity contribution is 0.278. The molecule has 1 N–H and O–H groups in total. The molecule has 1 heterocycles. The molecule has 0 radical (unpaired) electrons. The van der Waals surface area contributed by atoms with Gasteiger partial charge in [0.25, 0.3) is 0 Å². The van der Waals surface area contributed by atoms with Crippen molar-refractivity contribution in [2.24, 2.45) is 0 Å². The molecule has 0 saturated carbocycles. The fourth-order valence-corrected chi connectivity index (χ4v) is 1.06. The highest BCUT2D eigenvalue weighted by atomic mass is 16.5. The van der Waals surface area contributed by atoms with E-state index in [1.165, 1.54) is 0 Å². The first-order valence-corrected chi connectivity index (χ1v) is 4.79. The lowest BCUT2D eigenvalue weighted by atomic mass is 10.2. The zero-order valence-corrected chi connectivity index (χ0v) is 7.99. The van der Waals surface area contributed by atoms with E-state index in [9.17, 15) is 0 Å². The number of nitrogens with zero attached hydrogens (tertiary/aromatic N) is 2. The van der Waals surface area contributed by atoms with Gasteiger partial charge in [-0.25, -0.2) is 0 Å². The summed E-state index contributed by atoms with van der Waals surface area (Å²) in [5.41, 5.74) is 0. The lowest BCUT2D eigenvalue weighted by Crippen LogP contribution is -1.91. The summed E-state index contributed by atoms with van der Waals surface area (Å²) in [4.78, 5) is 4.20. The molecule has 0 atom stereocenters. The van der Waals surface area contributed by atoms with Crippen molar-refractivity contribution in [2.75, 3.05) is 6.61 Å². The summed E-state index contributed by atoms with van der Waals surface area (Å²) >= 11 is 0. The molecule has 0 bridgehead atoms. The zero-order chi connectivity index (χ0) is 9.52. The van der Waals surface area contributed by atoms with Gasteiger partial charge in [0.05, 0.1) is 0 Å². The maximum absolute atomic E-state index is 8.59. The Morgan fingerprint density at radius 1 is 1.31 bits per heavy atom. The van der Waals surface area contributed by atoms with E-state index >= 15 is 0 Å². The summed E-state index contributed by atoms with van der Waals surface area (Å²) in [5.74, 6) is 1.43. The number of aliphatic hydroxyl groups is 1. The first kappa shape index (κ1) is 10.2. The Balaban J connectivity index is 2.34. The topological polar surface area (TPSA) is 59.2 Å². The maximum Gasteiger partial charge on any atom is 0.226 e. The Morgan fingerprint density at radius 3 is 2.85 bits per heavy atom. The maximum atomic E-state index is 8.59. The van der Waals surface area contributed by atoms with Gasteiger partial charge >= 0.3 is 0 Å².